The second kappa shape index (κ2) is 6.94. The second-order valence-corrected chi connectivity index (χ2v) is 5.87. The molecule has 6 heteroatoms. The van der Waals surface area contributed by atoms with Crippen LogP contribution in [0.3, 0.4) is 0 Å². The zero-order valence-corrected chi connectivity index (χ0v) is 13.3. The average Bonchev–Trinajstić information content (AvgIpc) is 3.01. The van der Waals surface area contributed by atoms with E-state index in [2.05, 4.69) is 16.2 Å². The maximum Gasteiger partial charge on any atom is 0.257 e. The molecular weight excluding hydrogens is 324 g/mol. The molecular formula is C18H12N2O3S. The number of nitrogens with one attached hydrogen (secondary N) is 1. The van der Waals surface area contributed by atoms with Crippen LogP contribution in [0.25, 0.3) is 10.2 Å². The summed E-state index contributed by atoms with van der Waals surface area (Å²) in [5, 5.41) is 3.24. The van der Waals surface area contributed by atoms with Gasteiger partial charge in [0, 0.05) is 11.1 Å². The summed E-state index contributed by atoms with van der Waals surface area (Å²) in [4.78, 5) is 27.2. The highest BCUT2D eigenvalue weighted by molar-refractivity contribution is 7.22. The molecule has 0 bridgehead atoms. The van der Waals surface area contributed by atoms with E-state index in [4.69, 9.17) is 11.2 Å². The van der Waals surface area contributed by atoms with E-state index in [1.165, 1.54) is 11.3 Å². The first kappa shape index (κ1) is 15.7. The van der Waals surface area contributed by atoms with Crippen molar-refractivity contribution >= 4 is 38.9 Å². The second-order valence-electron chi connectivity index (χ2n) is 4.84. The lowest BCUT2D eigenvalue weighted by Crippen LogP contribution is -2.11. The molecule has 1 heterocycles. The molecule has 0 radical (unpaired) electrons. The predicted molar refractivity (Wildman–Crippen MR) is 93.7 cm³/mol. The van der Waals surface area contributed by atoms with E-state index < -0.39 is 0 Å². The van der Waals surface area contributed by atoms with Gasteiger partial charge in [-0.2, -0.15) is 0 Å². The Morgan fingerprint density at radius 2 is 2.08 bits per heavy atom. The van der Waals surface area contributed by atoms with Crippen molar-refractivity contribution in [1.29, 1.82) is 0 Å². The van der Waals surface area contributed by atoms with Crippen LogP contribution in [0.2, 0.25) is 0 Å². The number of rotatable bonds is 5. The van der Waals surface area contributed by atoms with Gasteiger partial charge in [0.2, 0.25) is 0 Å². The number of amides is 1. The predicted octanol–water partition coefficient (Wildman–Crippen LogP) is 3.37. The van der Waals surface area contributed by atoms with Crippen LogP contribution in [0.5, 0.6) is 5.75 Å². The number of aldehydes is 1. The molecule has 0 unspecified atom stereocenters. The van der Waals surface area contributed by atoms with Gasteiger partial charge in [-0.15, -0.1) is 6.42 Å². The van der Waals surface area contributed by atoms with Gasteiger partial charge in [-0.1, -0.05) is 29.4 Å². The molecule has 24 heavy (non-hydrogen) atoms. The first-order valence-electron chi connectivity index (χ1n) is 7.03. The quantitative estimate of drug-likeness (QED) is 0.573. The molecule has 0 atom stereocenters. The molecule has 0 fully saturated rings. The van der Waals surface area contributed by atoms with Gasteiger partial charge in [-0.05, 0) is 30.3 Å². The Morgan fingerprint density at radius 3 is 2.79 bits per heavy atom. The van der Waals surface area contributed by atoms with Crippen LogP contribution in [-0.4, -0.2) is 23.8 Å². The van der Waals surface area contributed by atoms with Crippen LogP contribution >= 0.6 is 11.3 Å². The minimum absolute atomic E-state index is 0.199. The molecule has 1 amide bonds. The SMILES string of the molecule is C#CCOc1ccc2nc(NC(=O)c3ccc(C=O)cc3)sc2c1. The Labute approximate surface area is 142 Å². The van der Waals surface area contributed by atoms with Gasteiger partial charge < -0.3 is 4.74 Å². The number of terminal acetylenes is 1. The minimum Gasteiger partial charge on any atom is -0.481 e. The van der Waals surface area contributed by atoms with Crippen molar-refractivity contribution in [1.82, 2.24) is 4.98 Å². The summed E-state index contributed by atoms with van der Waals surface area (Å²) in [6.45, 7) is 0.199. The number of benzene rings is 2. The molecule has 1 N–H and O–H groups in total. The molecule has 0 saturated heterocycles. The molecule has 0 spiro atoms. The summed E-state index contributed by atoms with van der Waals surface area (Å²) in [6, 6.07) is 11.8. The largest absolute Gasteiger partial charge is 0.481 e. The lowest BCUT2D eigenvalue weighted by atomic mass is 10.1. The highest BCUT2D eigenvalue weighted by atomic mass is 32.1. The Bertz CT molecular complexity index is 939. The fourth-order valence-electron chi connectivity index (χ4n) is 2.06. The van der Waals surface area contributed by atoms with E-state index >= 15 is 0 Å². The smallest absolute Gasteiger partial charge is 0.257 e. The van der Waals surface area contributed by atoms with E-state index in [-0.39, 0.29) is 12.5 Å². The van der Waals surface area contributed by atoms with Crippen molar-refractivity contribution < 1.29 is 14.3 Å². The Morgan fingerprint density at radius 1 is 1.29 bits per heavy atom. The monoisotopic (exact) mass is 336 g/mol. The number of anilines is 1. The number of fused-ring (bicyclic) bond motifs is 1. The van der Waals surface area contributed by atoms with Crippen LogP contribution in [0, 0.1) is 12.3 Å². The molecule has 5 nitrogen and oxygen atoms in total. The van der Waals surface area contributed by atoms with Crippen LogP contribution in [0.15, 0.2) is 42.5 Å². The number of thiazole rings is 1. The standard InChI is InChI=1S/C18H12N2O3S/c1-2-9-23-14-7-8-15-16(10-14)24-18(19-15)20-17(22)13-5-3-12(11-21)4-6-13/h1,3-8,10-11H,9H2,(H,19,20,22). The van der Waals surface area contributed by atoms with Crippen molar-refractivity contribution in [2.45, 2.75) is 0 Å². The van der Waals surface area contributed by atoms with E-state index in [0.717, 1.165) is 16.5 Å². The highest BCUT2D eigenvalue weighted by Gasteiger charge is 2.10. The molecule has 0 aliphatic carbocycles. The molecule has 1 aromatic heterocycles. The zero-order chi connectivity index (χ0) is 16.9. The third-order valence-corrected chi connectivity index (χ3v) is 4.15. The maximum atomic E-state index is 12.2. The summed E-state index contributed by atoms with van der Waals surface area (Å²) in [5.41, 5.74) is 1.74. The van der Waals surface area contributed by atoms with E-state index in [1.807, 2.05) is 12.1 Å². The van der Waals surface area contributed by atoms with Crippen molar-refractivity contribution in [3.8, 4) is 18.1 Å². The number of hydrogen-bond donors (Lipinski definition) is 1. The normalized spacial score (nSPS) is 10.1. The molecule has 0 saturated carbocycles. The highest BCUT2D eigenvalue weighted by Crippen LogP contribution is 2.29. The average molecular weight is 336 g/mol. The summed E-state index contributed by atoms with van der Waals surface area (Å²) in [5.74, 6) is 2.79. The van der Waals surface area contributed by atoms with Crippen molar-refractivity contribution in [3.05, 3.63) is 53.6 Å². The number of ether oxygens (including phenoxy) is 1. The summed E-state index contributed by atoms with van der Waals surface area (Å²) < 4.78 is 6.26. The summed E-state index contributed by atoms with van der Waals surface area (Å²) in [6.07, 6.45) is 5.90. The van der Waals surface area contributed by atoms with Crippen molar-refractivity contribution in [3.63, 3.8) is 0 Å². The molecule has 2 aromatic carbocycles. The van der Waals surface area contributed by atoms with Gasteiger partial charge in [0.25, 0.3) is 5.91 Å². The lowest BCUT2D eigenvalue weighted by molar-refractivity contribution is 0.102. The van der Waals surface area contributed by atoms with Crippen LogP contribution in [0.4, 0.5) is 5.13 Å². The third kappa shape index (κ3) is 3.42. The van der Waals surface area contributed by atoms with Gasteiger partial charge in [0.15, 0.2) is 5.13 Å². The fourth-order valence-corrected chi connectivity index (χ4v) is 2.94. The number of nitrogens with zero attached hydrogens (tertiary/aromatic N) is 1. The molecule has 0 aliphatic heterocycles. The van der Waals surface area contributed by atoms with E-state index in [9.17, 15) is 9.59 Å². The third-order valence-electron chi connectivity index (χ3n) is 3.21. The maximum absolute atomic E-state index is 12.2. The van der Waals surface area contributed by atoms with Crippen molar-refractivity contribution in [2.24, 2.45) is 0 Å². The van der Waals surface area contributed by atoms with Gasteiger partial charge in [0.05, 0.1) is 10.2 Å². The molecule has 3 aromatic rings. The number of carbonyl (C=O) groups is 2. The van der Waals surface area contributed by atoms with Crippen LogP contribution in [-0.2, 0) is 0 Å². The molecule has 3 rings (SSSR count). The molecule has 0 aliphatic rings. The van der Waals surface area contributed by atoms with E-state index in [1.54, 1.807) is 30.3 Å². The van der Waals surface area contributed by atoms with Crippen molar-refractivity contribution in [2.75, 3.05) is 11.9 Å². The Balaban J connectivity index is 1.77. The van der Waals surface area contributed by atoms with Crippen LogP contribution < -0.4 is 10.1 Å². The zero-order valence-electron chi connectivity index (χ0n) is 12.5. The first-order chi connectivity index (χ1) is 11.7. The molecule has 118 valence electrons. The topological polar surface area (TPSA) is 68.3 Å². The lowest BCUT2D eigenvalue weighted by Gasteiger charge is -2.01. The number of hydrogen-bond acceptors (Lipinski definition) is 5. The summed E-state index contributed by atoms with van der Waals surface area (Å²) >= 11 is 1.34. The Hall–Kier alpha value is -3.17. The van der Waals surface area contributed by atoms with Gasteiger partial charge in [0.1, 0.15) is 18.6 Å². The minimum atomic E-state index is -0.282. The Kier molecular flexibility index (Phi) is 4.54. The number of carbonyl (C=O) groups excluding carboxylic acids is 2. The van der Waals surface area contributed by atoms with Crippen LogP contribution in [0.1, 0.15) is 20.7 Å². The van der Waals surface area contributed by atoms with E-state index in [0.29, 0.717) is 22.0 Å². The van der Waals surface area contributed by atoms with Gasteiger partial charge in [-0.25, -0.2) is 4.98 Å². The summed E-state index contributed by atoms with van der Waals surface area (Å²) in [7, 11) is 0. The fraction of sp³-hybridized carbons (Fsp3) is 0.0556. The van der Waals surface area contributed by atoms with Gasteiger partial charge in [-0.3, -0.25) is 14.9 Å². The first-order valence-corrected chi connectivity index (χ1v) is 7.84. The number of aromatic nitrogens is 1. The van der Waals surface area contributed by atoms with Gasteiger partial charge >= 0.3 is 0 Å².